The molecule has 0 aromatic rings. The van der Waals surface area contributed by atoms with Crippen LogP contribution in [0.1, 0.15) is 34.6 Å². The van der Waals surface area contributed by atoms with Gasteiger partial charge in [-0.1, -0.05) is 13.8 Å². The van der Waals surface area contributed by atoms with E-state index in [9.17, 15) is 4.79 Å². The van der Waals surface area contributed by atoms with Gasteiger partial charge in [-0.05, 0) is 27.8 Å². The van der Waals surface area contributed by atoms with E-state index in [1.807, 2.05) is 41.7 Å². The Morgan fingerprint density at radius 3 is 1.80 bits per heavy atom. The number of hydrogen-bond acceptors (Lipinski definition) is 4. The van der Waals surface area contributed by atoms with Crippen LogP contribution in [-0.2, 0) is 14.3 Å². The first kappa shape index (κ1) is 19.9. The van der Waals surface area contributed by atoms with Crippen LogP contribution < -0.4 is 5.32 Å². The molecule has 0 aromatic heterocycles. The van der Waals surface area contributed by atoms with E-state index in [-0.39, 0.29) is 5.60 Å². The average molecular weight is 221 g/mol. The minimum atomic E-state index is -0.318. The smallest absolute Gasteiger partial charge is 0.293 e. The molecule has 0 rings (SSSR count). The molecule has 4 heteroatoms. The zero-order chi connectivity index (χ0) is 12.7. The number of carbonyl (C=O) groups is 1. The Hall–Kier alpha value is -0.610. The zero-order valence-corrected chi connectivity index (χ0v) is 11.2. The molecule has 0 spiro atoms. The predicted molar refractivity (Wildman–Crippen MR) is 64.1 cm³/mol. The van der Waals surface area contributed by atoms with Gasteiger partial charge in [0.1, 0.15) is 5.60 Å². The first-order valence-corrected chi connectivity index (χ1v) is 5.23. The highest BCUT2D eigenvalue weighted by atomic mass is 16.5. The van der Waals surface area contributed by atoms with Crippen LogP contribution in [0.25, 0.3) is 0 Å². The molecule has 94 valence electrons. The van der Waals surface area contributed by atoms with Gasteiger partial charge in [-0.3, -0.25) is 4.79 Å². The summed E-state index contributed by atoms with van der Waals surface area (Å²) >= 11 is 0. The molecule has 15 heavy (non-hydrogen) atoms. The van der Waals surface area contributed by atoms with Gasteiger partial charge in [0.25, 0.3) is 6.47 Å². The van der Waals surface area contributed by atoms with Crippen molar-refractivity contribution in [2.24, 2.45) is 0 Å². The summed E-state index contributed by atoms with van der Waals surface area (Å²) in [5, 5.41) is 2.94. The second kappa shape index (κ2) is 15.8. The van der Waals surface area contributed by atoms with Gasteiger partial charge in [-0.2, -0.15) is 0 Å². The third-order valence-electron chi connectivity index (χ3n) is 0.958. The van der Waals surface area contributed by atoms with Crippen molar-refractivity contribution in [2.75, 3.05) is 27.3 Å². The van der Waals surface area contributed by atoms with E-state index in [1.165, 1.54) is 0 Å². The normalized spacial score (nSPS) is 9.00. The van der Waals surface area contributed by atoms with Gasteiger partial charge < -0.3 is 14.8 Å². The van der Waals surface area contributed by atoms with Crippen molar-refractivity contribution in [3.63, 3.8) is 0 Å². The Morgan fingerprint density at radius 2 is 1.73 bits per heavy atom. The molecular formula is C11H27NO3. The lowest BCUT2D eigenvalue weighted by molar-refractivity contribution is -0.138. The van der Waals surface area contributed by atoms with Crippen molar-refractivity contribution < 1.29 is 14.3 Å². The molecule has 4 nitrogen and oxygen atoms in total. The molecular weight excluding hydrogens is 194 g/mol. The second-order valence-corrected chi connectivity index (χ2v) is 3.42. The van der Waals surface area contributed by atoms with E-state index >= 15 is 0 Å². The third kappa shape index (κ3) is 42.5. The lowest BCUT2D eigenvalue weighted by Gasteiger charge is -2.14. The van der Waals surface area contributed by atoms with Crippen molar-refractivity contribution in [3.05, 3.63) is 0 Å². The summed E-state index contributed by atoms with van der Waals surface area (Å²) < 4.78 is 9.27. The quantitative estimate of drug-likeness (QED) is 0.581. The highest BCUT2D eigenvalue weighted by Crippen LogP contribution is 2.02. The molecule has 0 aliphatic heterocycles. The SMILES string of the molecule is CC.CC(C)(C)OC=O.CNCCOC. The monoisotopic (exact) mass is 221 g/mol. The maximum absolute atomic E-state index is 9.60. The van der Waals surface area contributed by atoms with Crippen molar-refractivity contribution in [1.82, 2.24) is 5.32 Å². The van der Waals surface area contributed by atoms with Crippen LogP contribution in [0, 0.1) is 0 Å². The number of hydrogen-bond donors (Lipinski definition) is 1. The van der Waals surface area contributed by atoms with Gasteiger partial charge in [0.15, 0.2) is 0 Å². The number of methoxy groups -OCH3 is 1. The Balaban J connectivity index is -0.000000166. The van der Waals surface area contributed by atoms with E-state index in [0.29, 0.717) is 6.47 Å². The van der Waals surface area contributed by atoms with Crippen LogP contribution in [0.2, 0.25) is 0 Å². The number of carbonyl (C=O) groups excluding carboxylic acids is 1. The fourth-order valence-electron chi connectivity index (χ4n) is 0.348. The molecule has 0 saturated heterocycles. The van der Waals surface area contributed by atoms with Crippen LogP contribution >= 0.6 is 0 Å². The largest absolute Gasteiger partial charge is 0.462 e. The summed E-state index contributed by atoms with van der Waals surface area (Å²) in [5.41, 5.74) is -0.318. The maximum Gasteiger partial charge on any atom is 0.293 e. The van der Waals surface area contributed by atoms with Gasteiger partial charge in [-0.25, -0.2) is 0 Å². The molecule has 0 heterocycles. The minimum Gasteiger partial charge on any atom is -0.462 e. The Labute approximate surface area is 94.3 Å². The standard InChI is InChI=1S/C5H10O2.C4H11NO.C2H6/c1-5(2,3)7-4-6;1-5-3-4-6-2;1-2/h4H,1-3H3;5H,3-4H2,1-2H3;1-2H3. The highest BCUT2D eigenvalue weighted by molar-refractivity contribution is 5.37. The number of rotatable bonds is 4. The van der Waals surface area contributed by atoms with Crippen molar-refractivity contribution in [2.45, 2.75) is 40.2 Å². The van der Waals surface area contributed by atoms with E-state index in [2.05, 4.69) is 10.1 Å². The van der Waals surface area contributed by atoms with E-state index < -0.39 is 0 Å². The van der Waals surface area contributed by atoms with Gasteiger partial charge in [-0.15, -0.1) is 0 Å². The Morgan fingerprint density at radius 1 is 1.27 bits per heavy atom. The van der Waals surface area contributed by atoms with Gasteiger partial charge in [0, 0.05) is 13.7 Å². The minimum absolute atomic E-state index is 0.318. The fraction of sp³-hybridized carbons (Fsp3) is 0.909. The number of nitrogens with one attached hydrogen (secondary N) is 1. The average Bonchev–Trinajstić information content (AvgIpc) is 2.17. The number of ether oxygens (including phenoxy) is 2. The summed E-state index contributed by atoms with van der Waals surface area (Å²) in [6.45, 7) is 11.7. The number of likely N-dealkylation sites (N-methyl/N-ethyl adjacent to an activating group) is 1. The summed E-state index contributed by atoms with van der Waals surface area (Å²) in [7, 11) is 3.59. The van der Waals surface area contributed by atoms with Crippen LogP contribution in [0.4, 0.5) is 0 Å². The van der Waals surface area contributed by atoms with Gasteiger partial charge in [0.05, 0.1) is 6.61 Å². The van der Waals surface area contributed by atoms with E-state index in [1.54, 1.807) is 7.11 Å². The molecule has 0 fully saturated rings. The van der Waals surface area contributed by atoms with Gasteiger partial charge in [0.2, 0.25) is 0 Å². The van der Waals surface area contributed by atoms with Crippen molar-refractivity contribution in [3.8, 4) is 0 Å². The lowest BCUT2D eigenvalue weighted by Crippen LogP contribution is -2.17. The molecule has 0 aromatic carbocycles. The molecule has 0 aliphatic carbocycles. The zero-order valence-electron chi connectivity index (χ0n) is 11.2. The predicted octanol–water partition coefficient (Wildman–Crippen LogP) is 1.84. The first-order valence-electron chi connectivity index (χ1n) is 5.23. The summed E-state index contributed by atoms with van der Waals surface area (Å²) in [4.78, 5) is 9.60. The highest BCUT2D eigenvalue weighted by Gasteiger charge is 2.07. The first-order chi connectivity index (χ1) is 6.97. The Bertz CT molecular complexity index is 107. The summed E-state index contributed by atoms with van der Waals surface area (Å²) in [5.74, 6) is 0. The Kier molecular flexibility index (Phi) is 21.0. The van der Waals surface area contributed by atoms with Crippen molar-refractivity contribution >= 4 is 6.47 Å². The molecule has 0 atom stereocenters. The van der Waals surface area contributed by atoms with Crippen LogP contribution in [0.3, 0.4) is 0 Å². The molecule has 0 bridgehead atoms. The van der Waals surface area contributed by atoms with Crippen LogP contribution in [0.15, 0.2) is 0 Å². The lowest BCUT2D eigenvalue weighted by atomic mass is 10.2. The van der Waals surface area contributed by atoms with Crippen LogP contribution in [-0.4, -0.2) is 39.4 Å². The molecule has 1 N–H and O–H groups in total. The van der Waals surface area contributed by atoms with E-state index in [4.69, 9.17) is 4.74 Å². The molecule has 0 unspecified atom stereocenters. The second-order valence-electron chi connectivity index (χ2n) is 3.42. The third-order valence-corrected chi connectivity index (χ3v) is 0.958. The summed E-state index contributed by atoms with van der Waals surface area (Å²) in [6, 6.07) is 0. The summed E-state index contributed by atoms with van der Waals surface area (Å²) in [6.07, 6.45) is 0. The van der Waals surface area contributed by atoms with E-state index in [0.717, 1.165) is 13.2 Å². The molecule has 0 saturated carbocycles. The molecule has 0 radical (unpaired) electrons. The fourth-order valence-corrected chi connectivity index (χ4v) is 0.348. The van der Waals surface area contributed by atoms with Crippen LogP contribution in [0.5, 0.6) is 0 Å². The van der Waals surface area contributed by atoms with Gasteiger partial charge >= 0.3 is 0 Å². The topological polar surface area (TPSA) is 47.6 Å². The molecule has 0 amide bonds. The van der Waals surface area contributed by atoms with Crippen molar-refractivity contribution in [1.29, 1.82) is 0 Å². The molecule has 0 aliphatic rings. The maximum atomic E-state index is 9.60.